The van der Waals surface area contributed by atoms with E-state index in [0.717, 1.165) is 0 Å². The Morgan fingerprint density at radius 1 is 1.15 bits per heavy atom. The Balaban J connectivity index is 1.87. The first kappa shape index (κ1) is 30.0. The van der Waals surface area contributed by atoms with E-state index in [1.165, 1.54) is 4.90 Å². The van der Waals surface area contributed by atoms with E-state index in [-0.39, 0.29) is 54.3 Å². The van der Waals surface area contributed by atoms with Crippen LogP contribution in [0.3, 0.4) is 0 Å². The fourth-order valence-corrected chi connectivity index (χ4v) is 6.38. The fraction of sp³-hybridized carbons (Fsp3) is 0.500. The number of ketones is 2. The molecule has 0 radical (unpaired) electrons. The zero-order valence-corrected chi connectivity index (χ0v) is 23.7. The van der Waals surface area contributed by atoms with Crippen LogP contribution >= 0.6 is 0 Å². The molecule has 8 N–H and O–H groups in total. The first-order chi connectivity index (χ1) is 19.2. The van der Waals surface area contributed by atoms with E-state index in [2.05, 4.69) is 10.6 Å². The van der Waals surface area contributed by atoms with Gasteiger partial charge in [-0.15, -0.1) is 0 Å². The molecule has 222 valence electrons. The lowest BCUT2D eigenvalue weighted by Gasteiger charge is -2.50. The van der Waals surface area contributed by atoms with Gasteiger partial charge < -0.3 is 41.7 Å². The third kappa shape index (κ3) is 4.63. The van der Waals surface area contributed by atoms with Crippen molar-refractivity contribution < 1.29 is 39.6 Å². The molecule has 0 saturated carbocycles. The SMILES string of the molecule is CCNCC(=O)NCc1cc(N(C)C)c2c(c1O)C(=O)C1=C(O)[C@]3(O)C(=O)C(C(N)=O)=C(O)[C@H](N(C)C)[C@@H]3C[C@@H]1C2. The number of carbonyl (C=O) groups excluding carboxylic acids is 4. The summed E-state index contributed by atoms with van der Waals surface area (Å²) in [5, 5.41) is 50.9. The number of amides is 2. The predicted octanol–water partition coefficient (Wildman–Crippen LogP) is -0.588. The van der Waals surface area contributed by atoms with Crippen LogP contribution in [0.4, 0.5) is 5.69 Å². The number of anilines is 1. The molecule has 0 aliphatic heterocycles. The van der Waals surface area contributed by atoms with Gasteiger partial charge in [0.25, 0.3) is 5.91 Å². The number of fused-ring (bicyclic) bond motifs is 3. The van der Waals surface area contributed by atoms with Crippen LogP contribution in [0.1, 0.15) is 34.8 Å². The number of nitrogens with one attached hydrogen (secondary N) is 2. The van der Waals surface area contributed by atoms with Crippen molar-refractivity contribution in [2.75, 3.05) is 46.2 Å². The van der Waals surface area contributed by atoms with Gasteiger partial charge in [0.15, 0.2) is 11.4 Å². The quantitative estimate of drug-likeness (QED) is 0.196. The highest BCUT2D eigenvalue weighted by atomic mass is 16.3. The standard InChI is InChI=1S/C28H37N5O8/c1-6-30-11-17(34)31-10-13-9-16(32(2)3)14-7-12-8-15-21(33(4)5)24(37)20(27(29)40)26(39)28(15,41)25(38)18(12)23(36)19(14)22(13)35/h9,12,15,21,30,35,37-38,41H,6-8,10-11H2,1-5H3,(H2,29,40)(H,31,34)/t12-,15-,21+,28-/m0/s1. The zero-order valence-electron chi connectivity index (χ0n) is 23.7. The highest BCUT2D eigenvalue weighted by molar-refractivity contribution is 6.25. The third-order valence-corrected chi connectivity index (χ3v) is 8.27. The van der Waals surface area contributed by atoms with Crippen LogP contribution in [0.2, 0.25) is 0 Å². The van der Waals surface area contributed by atoms with Crippen molar-refractivity contribution in [1.29, 1.82) is 0 Å². The van der Waals surface area contributed by atoms with Crippen molar-refractivity contribution in [3.63, 3.8) is 0 Å². The molecule has 0 fully saturated rings. The molecule has 1 aromatic carbocycles. The highest BCUT2D eigenvalue weighted by Crippen LogP contribution is 2.53. The fourth-order valence-electron chi connectivity index (χ4n) is 6.38. The number of hydrogen-bond acceptors (Lipinski definition) is 11. The summed E-state index contributed by atoms with van der Waals surface area (Å²) in [6.07, 6.45) is 0.171. The van der Waals surface area contributed by atoms with Gasteiger partial charge >= 0.3 is 0 Å². The van der Waals surface area contributed by atoms with Gasteiger partial charge in [0.2, 0.25) is 11.7 Å². The molecule has 0 spiro atoms. The summed E-state index contributed by atoms with van der Waals surface area (Å²) < 4.78 is 0. The largest absolute Gasteiger partial charge is 0.510 e. The number of primary amides is 1. The molecule has 4 atom stereocenters. The molecule has 13 heteroatoms. The van der Waals surface area contributed by atoms with E-state index in [1.807, 2.05) is 6.92 Å². The van der Waals surface area contributed by atoms with E-state index < -0.39 is 58.0 Å². The molecule has 0 aromatic heterocycles. The van der Waals surface area contributed by atoms with Crippen LogP contribution in [-0.4, -0.2) is 102 Å². The van der Waals surface area contributed by atoms with Crippen LogP contribution in [0.15, 0.2) is 28.7 Å². The molecule has 13 nitrogen and oxygen atoms in total. The van der Waals surface area contributed by atoms with Crippen molar-refractivity contribution in [3.8, 4) is 5.75 Å². The first-order valence-corrected chi connectivity index (χ1v) is 13.4. The topological polar surface area (TPSA) is 206 Å². The first-order valence-electron chi connectivity index (χ1n) is 13.4. The monoisotopic (exact) mass is 571 g/mol. The van der Waals surface area contributed by atoms with E-state index >= 15 is 0 Å². The molecule has 0 saturated heterocycles. The minimum Gasteiger partial charge on any atom is -0.510 e. The number of nitrogens with zero attached hydrogens (tertiary/aromatic N) is 2. The smallest absolute Gasteiger partial charge is 0.255 e. The Hall–Kier alpha value is -3.94. The van der Waals surface area contributed by atoms with Gasteiger partial charge in [0.05, 0.1) is 18.2 Å². The number of Topliss-reactive ketones (excluding diaryl/α,β-unsaturated/α-hetero) is 2. The number of carbonyl (C=O) groups is 4. The van der Waals surface area contributed by atoms with Crippen LogP contribution in [0, 0.1) is 11.8 Å². The Bertz CT molecular complexity index is 1400. The predicted molar refractivity (Wildman–Crippen MR) is 148 cm³/mol. The van der Waals surface area contributed by atoms with Gasteiger partial charge in [-0.05, 0) is 51.0 Å². The summed E-state index contributed by atoms with van der Waals surface area (Å²) in [5.74, 6) is -7.36. The summed E-state index contributed by atoms with van der Waals surface area (Å²) >= 11 is 0. The second-order valence-corrected chi connectivity index (χ2v) is 11.2. The summed E-state index contributed by atoms with van der Waals surface area (Å²) in [7, 11) is 6.69. The number of aliphatic hydroxyl groups excluding tert-OH is 2. The maximum atomic E-state index is 14.0. The average Bonchev–Trinajstić information content (AvgIpc) is 2.88. The van der Waals surface area contributed by atoms with Crippen molar-refractivity contribution in [1.82, 2.24) is 15.5 Å². The second-order valence-electron chi connectivity index (χ2n) is 11.2. The number of hydrogen-bond donors (Lipinski definition) is 7. The molecular weight excluding hydrogens is 534 g/mol. The second kappa shape index (κ2) is 10.8. The Labute approximate surface area is 237 Å². The number of phenols is 1. The molecule has 0 heterocycles. The lowest BCUT2D eigenvalue weighted by Crippen LogP contribution is -2.63. The third-order valence-electron chi connectivity index (χ3n) is 8.27. The van der Waals surface area contributed by atoms with Crippen molar-refractivity contribution in [2.24, 2.45) is 17.6 Å². The van der Waals surface area contributed by atoms with Gasteiger partial charge in [-0.2, -0.15) is 0 Å². The summed E-state index contributed by atoms with van der Waals surface area (Å²) in [5.41, 5.74) is 2.86. The van der Waals surface area contributed by atoms with Gasteiger partial charge in [-0.3, -0.25) is 24.1 Å². The Kier molecular flexibility index (Phi) is 7.91. The summed E-state index contributed by atoms with van der Waals surface area (Å²) in [6, 6.07) is 0.624. The van der Waals surface area contributed by atoms with Gasteiger partial charge in [-0.25, -0.2) is 0 Å². The Morgan fingerprint density at radius 3 is 2.37 bits per heavy atom. The normalized spacial score (nSPS) is 25.6. The number of likely N-dealkylation sites (N-methyl/N-ethyl adjacent to an activating group) is 2. The van der Waals surface area contributed by atoms with Crippen LogP contribution in [-0.2, 0) is 27.3 Å². The van der Waals surface area contributed by atoms with E-state index in [0.29, 0.717) is 17.8 Å². The summed E-state index contributed by atoms with van der Waals surface area (Å²) in [4.78, 5) is 55.1. The maximum Gasteiger partial charge on any atom is 0.255 e. The van der Waals surface area contributed by atoms with E-state index in [1.54, 1.807) is 39.2 Å². The molecular formula is C28H37N5O8. The number of phenolic OH excluding ortho intramolecular Hbond substituents is 1. The molecule has 2 amide bonds. The molecule has 3 aliphatic rings. The lowest BCUT2D eigenvalue weighted by atomic mass is 9.58. The van der Waals surface area contributed by atoms with Crippen molar-refractivity contribution in [2.45, 2.75) is 38.0 Å². The van der Waals surface area contributed by atoms with Crippen LogP contribution in [0.5, 0.6) is 5.75 Å². The van der Waals surface area contributed by atoms with Gasteiger partial charge in [0.1, 0.15) is 22.8 Å². The average molecular weight is 572 g/mol. The number of nitrogens with two attached hydrogens (primary N) is 1. The number of aromatic hydroxyl groups is 1. The molecule has 41 heavy (non-hydrogen) atoms. The molecule has 4 rings (SSSR count). The molecule has 1 aromatic rings. The van der Waals surface area contributed by atoms with Crippen LogP contribution < -0.4 is 21.3 Å². The van der Waals surface area contributed by atoms with Gasteiger partial charge in [0, 0.05) is 43.4 Å². The zero-order chi connectivity index (χ0) is 30.5. The van der Waals surface area contributed by atoms with E-state index in [4.69, 9.17) is 5.73 Å². The van der Waals surface area contributed by atoms with Gasteiger partial charge in [-0.1, -0.05) is 6.92 Å². The van der Waals surface area contributed by atoms with Crippen molar-refractivity contribution >= 4 is 29.1 Å². The number of benzene rings is 1. The number of allylic oxidation sites excluding steroid dienone is 1. The minimum atomic E-state index is -2.71. The van der Waals surface area contributed by atoms with Crippen LogP contribution in [0.25, 0.3) is 0 Å². The number of aliphatic hydroxyl groups is 3. The van der Waals surface area contributed by atoms with Crippen molar-refractivity contribution in [3.05, 3.63) is 45.4 Å². The maximum absolute atomic E-state index is 14.0. The molecule has 0 unspecified atom stereocenters. The molecule has 3 aliphatic carbocycles. The minimum absolute atomic E-state index is 0.00162. The highest BCUT2D eigenvalue weighted by Gasteiger charge is 2.63. The Morgan fingerprint density at radius 2 is 1.80 bits per heavy atom. The lowest BCUT2D eigenvalue weighted by molar-refractivity contribution is -0.148. The van der Waals surface area contributed by atoms with E-state index in [9.17, 15) is 39.6 Å². The number of rotatable bonds is 8. The summed E-state index contributed by atoms with van der Waals surface area (Å²) in [6.45, 7) is 2.45. The molecule has 0 bridgehead atoms.